The minimum Gasteiger partial charge on any atom is -0.455 e. The van der Waals surface area contributed by atoms with Gasteiger partial charge in [0.1, 0.15) is 11.2 Å². The monoisotopic (exact) mass is 715 g/mol. The van der Waals surface area contributed by atoms with E-state index in [0.29, 0.717) is 0 Å². The van der Waals surface area contributed by atoms with Crippen molar-refractivity contribution in [2.45, 2.75) is 12.8 Å². The Hall–Kier alpha value is -7.16. The van der Waals surface area contributed by atoms with Crippen LogP contribution in [-0.4, -0.2) is 0 Å². The van der Waals surface area contributed by atoms with Crippen LogP contribution in [-0.2, 0) is 6.42 Å². The number of fused-ring (bicyclic) bond motifs is 7. The third kappa shape index (κ3) is 5.41. The summed E-state index contributed by atoms with van der Waals surface area (Å²) in [6.45, 7) is 0. The highest BCUT2D eigenvalue weighted by Crippen LogP contribution is 2.46. The minimum atomic E-state index is 0.897. The minimum absolute atomic E-state index is 0.897. The highest BCUT2D eigenvalue weighted by atomic mass is 16.3. The number of hydrogen-bond donors (Lipinski definition) is 0. The van der Waals surface area contributed by atoms with Crippen LogP contribution in [0.3, 0.4) is 0 Å². The molecule has 0 saturated heterocycles. The molecule has 2 heteroatoms. The van der Waals surface area contributed by atoms with Gasteiger partial charge in [-0.05, 0) is 105 Å². The Kier molecular flexibility index (Phi) is 7.67. The van der Waals surface area contributed by atoms with Crippen LogP contribution in [0, 0.1) is 0 Å². The van der Waals surface area contributed by atoms with E-state index in [1.54, 1.807) is 0 Å². The Labute approximate surface area is 326 Å². The summed E-state index contributed by atoms with van der Waals surface area (Å²) in [5, 5.41) is 7.05. The fraction of sp³-hybridized carbons (Fsp3) is 0.0370. The molecule has 2 nitrogen and oxygen atoms in total. The molecule has 0 spiro atoms. The highest BCUT2D eigenvalue weighted by molar-refractivity contribution is 6.17. The molecule has 0 unspecified atom stereocenters. The van der Waals surface area contributed by atoms with Crippen molar-refractivity contribution in [3.63, 3.8) is 0 Å². The molecule has 1 aromatic heterocycles. The molecule has 10 aromatic rings. The Morgan fingerprint density at radius 2 is 1.07 bits per heavy atom. The van der Waals surface area contributed by atoms with E-state index in [4.69, 9.17) is 4.42 Å². The molecule has 264 valence electrons. The predicted octanol–water partition coefficient (Wildman–Crippen LogP) is 15.3. The molecule has 0 fully saturated rings. The first-order valence-electron chi connectivity index (χ1n) is 19.5. The molecule has 0 amide bonds. The Morgan fingerprint density at radius 3 is 1.98 bits per heavy atom. The van der Waals surface area contributed by atoms with Gasteiger partial charge >= 0.3 is 0 Å². The lowest BCUT2D eigenvalue weighted by molar-refractivity contribution is 0.674. The summed E-state index contributed by atoms with van der Waals surface area (Å²) in [5.74, 6) is 0. The molecule has 1 aliphatic rings. The fourth-order valence-corrected chi connectivity index (χ4v) is 8.76. The third-order valence-corrected chi connectivity index (χ3v) is 11.5. The quantitative estimate of drug-likeness (QED) is 0.170. The SMILES string of the molecule is C1=Cc2cc(-c3cccc(N(c4ccc(-c5cccc6ccccc56)cc4)c4ccccc4-c4cccc5c4oc4c6ccccc6ccc54)c3)ccc2CC1. The maximum atomic E-state index is 6.90. The maximum Gasteiger partial charge on any atom is 0.143 e. The molecule has 0 aliphatic heterocycles. The number of aryl methyl sites for hydroxylation is 1. The molecule has 11 rings (SSSR count). The predicted molar refractivity (Wildman–Crippen MR) is 237 cm³/mol. The summed E-state index contributed by atoms with van der Waals surface area (Å²) in [6, 6.07) is 68.3. The molecule has 1 aliphatic carbocycles. The molecule has 0 bridgehead atoms. The maximum absolute atomic E-state index is 6.90. The lowest BCUT2D eigenvalue weighted by atomic mass is 9.93. The Bertz CT molecular complexity index is 3140. The van der Waals surface area contributed by atoms with Crippen LogP contribution in [0.15, 0.2) is 199 Å². The molecular formula is C54H37NO. The standard InChI is InChI=1S/C54H37NO/c1-2-15-40-34-42(27-26-36(40)12-1)41-17-9-18-44(35-41)55(43-31-28-39(29-32-43)46-22-10-16-37-13-3-5-19-45(37)46)52-25-8-7-21-48(52)49-23-11-24-50-51-33-30-38-14-4-6-20-47(38)53(51)56-54(49)50/h2-11,13-35H,1,12H2. The van der Waals surface area contributed by atoms with Gasteiger partial charge in [0.2, 0.25) is 0 Å². The van der Waals surface area contributed by atoms with Gasteiger partial charge in [0, 0.05) is 38.7 Å². The van der Waals surface area contributed by atoms with Gasteiger partial charge in [-0.3, -0.25) is 0 Å². The number of anilines is 3. The number of para-hydroxylation sites is 2. The summed E-state index contributed by atoms with van der Waals surface area (Å²) in [5.41, 5.74) is 14.8. The second kappa shape index (κ2) is 13.3. The normalized spacial score (nSPS) is 12.4. The first-order chi connectivity index (χ1) is 27.8. The second-order valence-corrected chi connectivity index (χ2v) is 14.8. The molecule has 0 N–H and O–H groups in total. The number of benzene rings is 9. The van der Waals surface area contributed by atoms with Crippen LogP contribution in [0.25, 0.3) is 82.9 Å². The largest absolute Gasteiger partial charge is 0.455 e. The van der Waals surface area contributed by atoms with Crippen molar-refractivity contribution >= 4 is 66.6 Å². The summed E-state index contributed by atoms with van der Waals surface area (Å²) < 4.78 is 6.90. The van der Waals surface area contributed by atoms with Gasteiger partial charge < -0.3 is 9.32 Å². The Morgan fingerprint density at radius 1 is 0.411 bits per heavy atom. The zero-order valence-corrected chi connectivity index (χ0v) is 30.8. The van der Waals surface area contributed by atoms with E-state index in [2.05, 4.69) is 205 Å². The zero-order valence-electron chi connectivity index (χ0n) is 30.8. The molecule has 1 heterocycles. The smallest absolute Gasteiger partial charge is 0.143 e. The topological polar surface area (TPSA) is 16.4 Å². The summed E-state index contributed by atoms with van der Waals surface area (Å²) in [7, 11) is 0. The van der Waals surface area contributed by atoms with Crippen molar-refractivity contribution in [1.82, 2.24) is 0 Å². The van der Waals surface area contributed by atoms with Gasteiger partial charge in [0.25, 0.3) is 0 Å². The van der Waals surface area contributed by atoms with Crippen LogP contribution in [0.1, 0.15) is 17.5 Å². The average Bonchev–Trinajstić information content (AvgIpc) is 3.66. The van der Waals surface area contributed by atoms with Crippen molar-refractivity contribution in [3.8, 4) is 33.4 Å². The van der Waals surface area contributed by atoms with Gasteiger partial charge in [0.15, 0.2) is 0 Å². The van der Waals surface area contributed by atoms with Crippen LogP contribution < -0.4 is 4.90 Å². The number of allylic oxidation sites excluding steroid dienone is 1. The van der Waals surface area contributed by atoms with Crippen molar-refractivity contribution in [2.75, 3.05) is 4.90 Å². The molecule has 0 saturated carbocycles. The summed E-state index contributed by atoms with van der Waals surface area (Å²) in [4.78, 5) is 2.40. The van der Waals surface area contributed by atoms with E-state index >= 15 is 0 Å². The molecule has 9 aromatic carbocycles. The van der Waals surface area contributed by atoms with Crippen molar-refractivity contribution in [3.05, 3.63) is 205 Å². The zero-order chi connectivity index (χ0) is 37.0. The van der Waals surface area contributed by atoms with E-state index in [-0.39, 0.29) is 0 Å². The van der Waals surface area contributed by atoms with E-state index < -0.39 is 0 Å². The highest BCUT2D eigenvalue weighted by Gasteiger charge is 2.21. The van der Waals surface area contributed by atoms with Crippen LogP contribution in [0.2, 0.25) is 0 Å². The first kappa shape index (κ1) is 32.3. The third-order valence-electron chi connectivity index (χ3n) is 11.5. The van der Waals surface area contributed by atoms with Gasteiger partial charge in [-0.1, -0.05) is 158 Å². The second-order valence-electron chi connectivity index (χ2n) is 14.8. The molecule has 56 heavy (non-hydrogen) atoms. The number of furan rings is 1. The number of rotatable bonds is 6. The lowest BCUT2D eigenvalue weighted by Crippen LogP contribution is -2.11. The fourth-order valence-electron chi connectivity index (χ4n) is 8.76. The summed E-state index contributed by atoms with van der Waals surface area (Å²) >= 11 is 0. The van der Waals surface area contributed by atoms with Crippen molar-refractivity contribution in [2.24, 2.45) is 0 Å². The van der Waals surface area contributed by atoms with Gasteiger partial charge in [-0.2, -0.15) is 0 Å². The van der Waals surface area contributed by atoms with Crippen molar-refractivity contribution < 1.29 is 4.42 Å². The summed E-state index contributed by atoms with van der Waals surface area (Å²) in [6.07, 6.45) is 6.76. The van der Waals surface area contributed by atoms with Crippen LogP contribution >= 0.6 is 0 Å². The average molecular weight is 716 g/mol. The number of hydrogen-bond acceptors (Lipinski definition) is 2. The van der Waals surface area contributed by atoms with E-state index in [1.807, 2.05) is 0 Å². The van der Waals surface area contributed by atoms with Crippen molar-refractivity contribution in [1.29, 1.82) is 0 Å². The van der Waals surface area contributed by atoms with Gasteiger partial charge in [0.05, 0.1) is 5.69 Å². The first-order valence-corrected chi connectivity index (χ1v) is 19.5. The van der Waals surface area contributed by atoms with E-state index in [1.165, 1.54) is 49.5 Å². The molecular weight excluding hydrogens is 679 g/mol. The van der Waals surface area contributed by atoms with Gasteiger partial charge in [-0.15, -0.1) is 0 Å². The van der Waals surface area contributed by atoms with E-state index in [9.17, 15) is 0 Å². The van der Waals surface area contributed by atoms with Crippen LogP contribution in [0.5, 0.6) is 0 Å². The molecule has 0 atom stereocenters. The lowest BCUT2D eigenvalue weighted by Gasteiger charge is -2.28. The van der Waals surface area contributed by atoms with E-state index in [0.717, 1.165) is 68.4 Å². The van der Waals surface area contributed by atoms with Gasteiger partial charge in [-0.25, -0.2) is 0 Å². The van der Waals surface area contributed by atoms with Crippen LogP contribution in [0.4, 0.5) is 17.1 Å². The number of nitrogens with zero attached hydrogens (tertiary/aromatic N) is 1. The Balaban J connectivity index is 1.10. The molecule has 0 radical (unpaired) electrons.